The summed E-state index contributed by atoms with van der Waals surface area (Å²) in [5.41, 5.74) is 1.80. The molecule has 2 N–H and O–H groups in total. The minimum atomic E-state index is -3.69. The molecule has 0 aromatic heterocycles. The van der Waals surface area contributed by atoms with Gasteiger partial charge < -0.3 is 14.7 Å². The summed E-state index contributed by atoms with van der Waals surface area (Å²) in [4.78, 5) is 13.7. The van der Waals surface area contributed by atoms with E-state index in [1.807, 2.05) is 18.2 Å². The Hall–Kier alpha value is -2.42. The minimum Gasteiger partial charge on any atom is -0.492 e. The summed E-state index contributed by atoms with van der Waals surface area (Å²) in [7, 11) is -3.69. The number of hydrogen-bond donors (Lipinski definition) is 2. The number of ether oxygens (including phenoxy) is 1. The van der Waals surface area contributed by atoms with Gasteiger partial charge in [-0.1, -0.05) is 24.3 Å². The van der Waals surface area contributed by atoms with Gasteiger partial charge in [0.1, 0.15) is 18.5 Å². The van der Waals surface area contributed by atoms with E-state index in [-0.39, 0.29) is 24.0 Å². The van der Waals surface area contributed by atoms with Gasteiger partial charge in [-0.15, -0.1) is 0 Å². The fraction of sp³-hybridized carbons (Fsp3) is 0.350. The van der Waals surface area contributed by atoms with Crippen molar-refractivity contribution >= 4 is 15.9 Å². The smallest absolute Gasteiger partial charge is 0.251 e. The first-order chi connectivity index (χ1) is 13.4. The van der Waals surface area contributed by atoms with E-state index >= 15 is 0 Å². The van der Waals surface area contributed by atoms with E-state index < -0.39 is 16.1 Å². The highest BCUT2D eigenvalue weighted by atomic mass is 32.2. The molecule has 8 heteroatoms. The molecule has 2 aromatic rings. The zero-order valence-electron chi connectivity index (χ0n) is 15.7. The standard InChI is InChI=1S/C20H24N2O5S/c1-15(23)20(24)22-11-9-16-7-8-19(13-17(16)14-22)28(25,26)21-10-12-27-18-5-3-2-4-6-18/h2-8,13,15,21,23H,9-12,14H2,1H3. The highest BCUT2D eigenvalue weighted by Gasteiger charge is 2.25. The van der Waals surface area contributed by atoms with Crippen LogP contribution in [0.25, 0.3) is 0 Å². The van der Waals surface area contributed by atoms with Crippen LogP contribution >= 0.6 is 0 Å². The maximum atomic E-state index is 12.6. The summed E-state index contributed by atoms with van der Waals surface area (Å²) in [6, 6.07) is 14.1. The molecule has 28 heavy (non-hydrogen) atoms. The number of sulfonamides is 1. The third kappa shape index (κ3) is 4.89. The van der Waals surface area contributed by atoms with Crippen LogP contribution in [0, 0.1) is 0 Å². The van der Waals surface area contributed by atoms with E-state index in [4.69, 9.17) is 4.74 Å². The predicted molar refractivity (Wildman–Crippen MR) is 104 cm³/mol. The van der Waals surface area contributed by atoms with Gasteiger partial charge in [0.15, 0.2) is 0 Å². The summed E-state index contributed by atoms with van der Waals surface area (Å²) in [6.07, 6.45) is -0.438. The van der Waals surface area contributed by atoms with Gasteiger partial charge in [0.2, 0.25) is 10.0 Å². The van der Waals surface area contributed by atoms with Crippen molar-refractivity contribution < 1.29 is 23.1 Å². The van der Waals surface area contributed by atoms with Crippen molar-refractivity contribution in [3.8, 4) is 5.75 Å². The molecule has 0 fully saturated rings. The van der Waals surface area contributed by atoms with Crippen LogP contribution in [0.4, 0.5) is 0 Å². The van der Waals surface area contributed by atoms with E-state index in [1.54, 1.807) is 35.2 Å². The Kier molecular flexibility index (Phi) is 6.33. The third-order valence-electron chi connectivity index (χ3n) is 4.58. The normalized spacial score (nSPS) is 15.0. The third-order valence-corrected chi connectivity index (χ3v) is 6.03. The van der Waals surface area contributed by atoms with Crippen LogP contribution in [0.3, 0.4) is 0 Å². The number of benzene rings is 2. The van der Waals surface area contributed by atoms with Crippen LogP contribution in [-0.2, 0) is 27.8 Å². The Morgan fingerprint density at radius 2 is 1.96 bits per heavy atom. The predicted octanol–water partition coefficient (Wildman–Crippen LogP) is 1.31. The van der Waals surface area contributed by atoms with Crippen LogP contribution in [-0.4, -0.2) is 50.1 Å². The van der Waals surface area contributed by atoms with Crippen LogP contribution in [0.5, 0.6) is 5.75 Å². The highest BCUT2D eigenvalue weighted by Crippen LogP contribution is 2.23. The first-order valence-corrected chi connectivity index (χ1v) is 10.6. The van der Waals surface area contributed by atoms with E-state index in [1.165, 1.54) is 6.92 Å². The Morgan fingerprint density at radius 3 is 2.68 bits per heavy atom. The van der Waals surface area contributed by atoms with Crippen molar-refractivity contribution in [3.63, 3.8) is 0 Å². The highest BCUT2D eigenvalue weighted by molar-refractivity contribution is 7.89. The number of aliphatic hydroxyl groups is 1. The zero-order chi connectivity index (χ0) is 20.1. The first-order valence-electron chi connectivity index (χ1n) is 9.13. The second-order valence-electron chi connectivity index (χ2n) is 6.68. The van der Waals surface area contributed by atoms with Crippen molar-refractivity contribution in [3.05, 3.63) is 59.7 Å². The number of fused-ring (bicyclic) bond motifs is 1. The number of carbonyl (C=O) groups is 1. The first kappa shape index (κ1) is 20.3. The molecule has 1 unspecified atom stereocenters. The van der Waals surface area contributed by atoms with E-state index in [0.717, 1.165) is 11.1 Å². The molecule has 0 saturated carbocycles. The van der Waals surface area contributed by atoms with Crippen LogP contribution in [0.2, 0.25) is 0 Å². The van der Waals surface area contributed by atoms with Crippen molar-refractivity contribution in [2.45, 2.75) is 30.9 Å². The van der Waals surface area contributed by atoms with Gasteiger partial charge in [0.25, 0.3) is 5.91 Å². The number of amides is 1. The summed E-state index contributed by atoms with van der Waals surface area (Å²) in [6.45, 7) is 2.59. The average molecular weight is 404 g/mol. The molecule has 1 heterocycles. The van der Waals surface area contributed by atoms with Crippen molar-refractivity contribution in [2.75, 3.05) is 19.7 Å². The molecule has 0 radical (unpaired) electrons. The maximum absolute atomic E-state index is 12.6. The molecule has 150 valence electrons. The van der Waals surface area contributed by atoms with E-state index in [9.17, 15) is 18.3 Å². The molecule has 1 aliphatic rings. The summed E-state index contributed by atoms with van der Waals surface area (Å²) >= 11 is 0. The molecule has 3 rings (SSSR count). The number of carbonyl (C=O) groups excluding carboxylic acids is 1. The molecule has 0 bridgehead atoms. The zero-order valence-corrected chi connectivity index (χ0v) is 16.5. The van der Waals surface area contributed by atoms with Crippen molar-refractivity contribution in [1.29, 1.82) is 0 Å². The lowest BCUT2D eigenvalue weighted by Gasteiger charge is -2.30. The van der Waals surface area contributed by atoms with Gasteiger partial charge in [0.05, 0.1) is 4.90 Å². The van der Waals surface area contributed by atoms with Gasteiger partial charge in [0, 0.05) is 19.6 Å². The second-order valence-corrected chi connectivity index (χ2v) is 8.44. The average Bonchev–Trinajstić information content (AvgIpc) is 2.70. The molecule has 0 aliphatic carbocycles. The molecule has 1 atom stereocenters. The molecule has 0 spiro atoms. The lowest BCUT2D eigenvalue weighted by molar-refractivity contribution is -0.140. The molecule has 1 aliphatic heterocycles. The molecular weight excluding hydrogens is 380 g/mol. The molecule has 1 amide bonds. The number of nitrogens with one attached hydrogen (secondary N) is 1. The summed E-state index contributed by atoms with van der Waals surface area (Å²) in [5, 5.41) is 9.50. The van der Waals surface area contributed by atoms with E-state index in [0.29, 0.717) is 25.3 Å². The number of rotatable bonds is 7. The number of hydrogen-bond acceptors (Lipinski definition) is 5. The molecule has 0 saturated heterocycles. The molecule has 2 aromatic carbocycles. The fourth-order valence-corrected chi connectivity index (χ4v) is 4.16. The monoisotopic (exact) mass is 404 g/mol. The summed E-state index contributed by atoms with van der Waals surface area (Å²) in [5.74, 6) is 0.327. The van der Waals surface area contributed by atoms with Crippen LogP contribution < -0.4 is 9.46 Å². The minimum absolute atomic E-state index is 0.140. The van der Waals surface area contributed by atoms with Gasteiger partial charge in [-0.05, 0) is 48.7 Å². The molecule has 7 nitrogen and oxygen atoms in total. The van der Waals surface area contributed by atoms with Crippen molar-refractivity contribution in [1.82, 2.24) is 9.62 Å². The van der Waals surface area contributed by atoms with Gasteiger partial charge >= 0.3 is 0 Å². The lowest BCUT2D eigenvalue weighted by Crippen LogP contribution is -2.41. The summed E-state index contributed by atoms with van der Waals surface area (Å²) < 4.78 is 33.2. The van der Waals surface area contributed by atoms with E-state index in [2.05, 4.69) is 4.72 Å². The van der Waals surface area contributed by atoms with Gasteiger partial charge in [-0.2, -0.15) is 0 Å². The number of aliphatic hydroxyl groups excluding tert-OH is 1. The second kappa shape index (κ2) is 8.72. The van der Waals surface area contributed by atoms with Crippen LogP contribution in [0.15, 0.2) is 53.4 Å². The topological polar surface area (TPSA) is 95.9 Å². The van der Waals surface area contributed by atoms with Gasteiger partial charge in [-0.25, -0.2) is 13.1 Å². The Morgan fingerprint density at radius 1 is 1.21 bits per heavy atom. The van der Waals surface area contributed by atoms with Crippen molar-refractivity contribution in [2.24, 2.45) is 0 Å². The fourth-order valence-electron chi connectivity index (χ4n) is 3.10. The number of nitrogens with zero attached hydrogens (tertiary/aromatic N) is 1. The van der Waals surface area contributed by atoms with Gasteiger partial charge in [-0.3, -0.25) is 4.79 Å². The Balaban J connectivity index is 1.63. The SMILES string of the molecule is CC(O)C(=O)N1CCc2ccc(S(=O)(=O)NCCOc3ccccc3)cc2C1. The lowest BCUT2D eigenvalue weighted by atomic mass is 9.99. The number of para-hydroxylation sites is 1. The maximum Gasteiger partial charge on any atom is 0.251 e. The molecular formula is C20H24N2O5S. The quantitative estimate of drug-likeness (QED) is 0.679. The Bertz CT molecular complexity index is 929. The Labute approximate surface area is 165 Å². The van der Waals surface area contributed by atoms with Crippen LogP contribution in [0.1, 0.15) is 18.1 Å². The largest absolute Gasteiger partial charge is 0.492 e.